The summed E-state index contributed by atoms with van der Waals surface area (Å²) in [6.45, 7) is 0.167. The Morgan fingerprint density at radius 3 is 2.60 bits per heavy atom. The molecule has 3 aromatic carbocycles. The van der Waals surface area contributed by atoms with E-state index in [1.807, 2.05) is 0 Å². The molecule has 11 heteroatoms. The van der Waals surface area contributed by atoms with Crippen LogP contribution in [0.5, 0.6) is 5.75 Å². The number of nitrogens with zero attached hydrogens (tertiary/aromatic N) is 1. The van der Waals surface area contributed by atoms with Crippen LogP contribution in [0.15, 0.2) is 64.6 Å². The van der Waals surface area contributed by atoms with E-state index in [2.05, 4.69) is 43.8 Å². The van der Waals surface area contributed by atoms with Crippen LogP contribution in [0, 0.1) is 9.39 Å². The third kappa shape index (κ3) is 5.69. The normalized spacial score (nSPS) is 14.9. The number of amides is 2. The summed E-state index contributed by atoms with van der Waals surface area (Å²) in [5.41, 5.74) is 1.38. The van der Waals surface area contributed by atoms with Crippen molar-refractivity contribution >= 4 is 103 Å². The molecule has 4 rings (SSSR count). The van der Waals surface area contributed by atoms with Crippen molar-refractivity contribution in [2.75, 3.05) is 4.90 Å². The number of anilines is 1. The van der Waals surface area contributed by atoms with E-state index in [0.717, 1.165) is 4.90 Å². The number of nitrogens with one attached hydrogen (secondary N) is 1. The Morgan fingerprint density at radius 1 is 1.14 bits per heavy atom. The van der Waals surface area contributed by atoms with Gasteiger partial charge in [-0.15, -0.1) is 0 Å². The molecule has 0 radical (unpaired) electrons. The molecule has 0 aromatic heterocycles. The van der Waals surface area contributed by atoms with Crippen LogP contribution in [0.1, 0.15) is 11.1 Å². The van der Waals surface area contributed by atoms with Gasteiger partial charge in [0.1, 0.15) is 23.7 Å². The molecular formula is C24H13BrCl2FIN2O3S. The van der Waals surface area contributed by atoms with Gasteiger partial charge in [-0.2, -0.15) is 0 Å². The van der Waals surface area contributed by atoms with Gasteiger partial charge in [0, 0.05) is 0 Å². The van der Waals surface area contributed by atoms with Gasteiger partial charge in [-0.05, 0) is 104 Å². The first-order chi connectivity index (χ1) is 16.7. The van der Waals surface area contributed by atoms with Crippen LogP contribution >= 0.6 is 73.9 Å². The van der Waals surface area contributed by atoms with Crippen molar-refractivity contribution in [2.24, 2.45) is 0 Å². The molecule has 1 fully saturated rings. The van der Waals surface area contributed by atoms with Crippen molar-refractivity contribution in [2.45, 2.75) is 6.61 Å². The highest BCUT2D eigenvalue weighted by molar-refractivity contribution is 14.1. The van der Waals surface area contributed by atoms with Crippen molar-refractivity contribution < 1.29 is 18.7 Å². The average Bonchev–Trinajstić information content (AvgIpc) is 2.79. The molecular weight excluding hydrogens is 693 g/mol. The summed E-state index contributed by atoms with van der Waals surface area (Å²) in [6, 6.07) is 14.4. The number of carbonyl (C=O) groups is 2. The highest BCUT2D eigenvalue weighted by Crippen LogP contribution is 2.36. The molecule has 5 nitrogen and oxygen atoms in total. The molecule has 1 aliphatic rings. The summed E-state index contributed by atoms with van der Waals surface area (Å²) in [5, 5.41) is 2.80. The van der Waals surface area contributed by atoms with E-state index in [0.29, 0.717) is 24.9 Å². The molecule has 0 bridgehead atoms. The minimum atomic E-state index is -0.638. The molecule has 1 saturated heterocycles. The van der Waals surface area contributed by atoms with Crippen LogP contribution in [0.2, 0.25) is 10.0 Å². The van der Waals surface area contributed by atoms with Crippen LogP contribution in [-0.2, 0) is 16.2 Å². The molecule has 0 spiro atoms. The number of hydrogen-bond donors (Lipinski definition) is 1. The minimum Gasteiger partial charge on any atom is -0.487 e. The number of thiocarbonyl (C=S) groups is 1. The van der Waals surface area contributed by atoms with Gasteiger partial charge in [0.15, 0.2) is 5.11 Å². The van der Waals surface area contributed by atoms with Crippen LogP contribution in [0.25, 0.3) is 6.08 Å². The number of benzene rings is 3. The second kappa shape index (κ2) is 10.9. The Labute approximate surface area is 237 Å². The Kier molecular flexibility index (Phi) is 8.12. The predicted octanol–water partition coefficient (Wildman–Crippen LogP) is 6.91. The Balaban J connectivity index is 1.63. The highest BCUT2D eigenvalue weighted by atomic mass is 127. The van der Waals surface area contributed by atoms with E-state index in [4.69, 9.17) is 40.2 Å². The molecule has 0 unspecified atom stereocenters. The molecule has 1 aliphatic heterocycles. The van der Waals surface area contributed by atoms with Gasteiger partial charge in [0.2, 0.25) is 0 Å². The summed E-state index contributed by atoms with van der Waals surface area (Å²) < 4.78 is 20.6. The summed E-state index contributed by atoms with van der Waals surface area (Å²) in [5.74, 6) is -1.07. The summed E-state index contributed by atoms with van der Waals surface area (Å²) in [6.07, 6.45) is 1.45. The Hall–Kier alpha value is -2.05. The lowest BCUT2D eigenvalue weighted by Gasteiger charge is -2.29. The van der Waals surface area contributed by atoms with Gasteiger partial charge in [-0.3, -0.25) is 19.8 Å². The molecule has 178 valence electrons. The number of ether oxygens (including phenoxy) is 1. The number of halogens is 5. The van der Waals surface area contributed by atoms with Crippen LogP contribution in [0.4, 0.5) is 10.1 Å². The zero-order chi connectivity index (χ0) is 25.3. The molecule has 35 heavy (non-hydrogen) atoms. The maximum absolute atomic E-state index is 13.4. The lowest BCUT2D eigenvalue weighted by molar-refractivity contribution is -0.122. The third-order valence-electron chi connectivity index (χ3n) is 4.88. The van der Waals surface area contributed by atoms with Crippen molar-refractivity contribution in [1.29, 1.82) is 0 Å². The fourth-order valence-corrected chi connectivity index (χ4v) is 5.71. The maximum Gasteiger partial charge on any atom is 0.270 e. The molecule has 1 heterocycles. The maximum atomic E-state index is 13.4. The quantitative estimate of drug-likeness (QED) is 0.136. The summed E-state index contributed by atoms with van der Waals surface area (Å²) >= 11 is 23.2. The van der Waals surface area contributed by atoms with Gasteiger partial charge in [0.25, 0.3) is 11.8 Å². The van der Waals surface area contributed by atoms with Gasteiger partial charge in [0.05, 0.1) is 23.8 Å². The third-order valence-corrected chi connectivity index (χ3v) is 7.36. The molecule has 0 saturated carbocycles. The SMILES string of the molecule is O=C1NC(=S)N(c2cccc(Cl)c2Cl)C(=O)/C1=C/c1cc(Br)c(OCc2cccc(F)c2)c(I)c1. The lowest BCUT2D eigenvalue weighted by Crippen LogP contribution is -2.54. The largest absolute Gasteiger partial charge is 0.487 e. The molecule has 3 aromatic rings. The van der Waals surface area contributed by atoms with E-state index in [-0.39, 0.29) is 38.8 Å². The van der Waals surface area contributed by atoms with E-state index in [1.165, 1.54) is 18.2 Å². The standard InChI is InChI=1S/C24H13BrCl2FIN2O3S/c25-16-9-13(10-18(29)21(16)34-11-12-3-1-4-14(28)7-12)8-15-22(32)30-24(35)31(23(15)33)19-6-2-5-17(26)20(19)27/h1-10H,11H2,(H,30,32,35)/b15-8+. The first-order valence-corrected chi connectivity index (χ1v) is 12.9. The predicted molar refractivity (Wildman–Crippen MR) is 150 cm³/mol. The average molecular weight is 706 g/mol. The first kappa shape index (κ1) is 26.0. The second-order valence-electron chi connectivity index (χ2n) is 7.26. The zero-order valence-corrected chi connectivity index (χ0v) is 23.5. The lowest BCUT2D eigenvalue weighted by atomic mass is 10.1. The number of carbonyl (C=O) groups excluding carboxylic acids is 2. The summed E-state index contributed by atoms with van der Waals surface area (Å²) in [4.78, 5) is 27.0. The molecule has 1 N–H and O–H groups in total. The van der Waals surface area contributed by atoms with Crippen LogP contribution in [0.3, 0.4) is 0 Å². The van der Waals surface area contributed by atoms with Gasteiger partial charge in [-0.1, -0.05) is 41.4 Å². The van der Waals surface area contributed by atoms with Crippen molar-refractivity contribution in [3.63, 3.8) is 0 Å². The van der Waals surface area contributed by atoms with Gasteiger partial charge < -0.3 is 4.74 Å². The Morgan fingerprint density at radius 2 is 1.89 bits per heavy atom. The number of hydrogen-bond acceptors (Lipinski definition) is 4. The minimum absolute atomic E-state index is 0.0989. The van der Waals surface area contributed by atoms with E-state index in [1.54, 1.807) is 42.5 Å². The van der Waals surface area contributed by atoms with E-state index in [9.17, 15) is 14.0 Å². The molecule has 2 amide bonds. The zero-order valence-electron chi connectivity index (χ0n) is 17.5. The fraction of sp³-hybridized carbons (Fsp3) is 0.0417. The van der Waals surface area contributed by atoms with Crippen molar-refractivity contribution in [1.82, 2.24) is 5.32 Å². The monoisotopic (exact) mass is 704 g/mol. The van der Waals surface area contributed by atoms with Crippen LogP contribution in [-0.4, -0.2) is 16.9 Å². The molecule has 0 aliphatic carbocycles. The first-order valence-electron chi connectivity index (χ1n) is 9.87. The fourth-order valence-electron chi connectivity index (χ4n) is 3.29. The van der Waals surface area contributed by atoms with E-state index >= 15 is 0 Å². The van der Waals surface area contributed by atoms with E-state index < -0.39 is 11.8 Å². The topological polar surface area (TPSA) is 58.6 Å². The molecule has 0 atom stereocenters. The van der Waals surface area contributed by atoms with Gasteiger partial charge in [-0.25, -0.2) is 4.39 Å². The summed E-state index contributed by atoms with van der Waals surface area (Å²) in [7, 11) is 0. The van der Waals surface area contributed by atoms with Crippen LogP contribution < -0.4 is 15.0 Å². The Bertz CT molecular complexity index is 1400. The van der Waals surface area contributed by atoms with Crippen molar-refractivity contribution in [3.05, 3.63) is 95.2 Å². The van der Waals surface area contributed by atoms with Crippen molar-refractivity contribution in [3.8, 4) is 5.75 Å². The second-order valence-corrected chi connectivity index (χ2v) is 10.5. The van der Waals surface area contributed by atoms with Gasteiger partial charge >= 0.3 is 0 Å². The smallest absolute Gasteiger partial charge is 0.270 e. The highest BCUT2D eigenvalue weighted by Gasteiger charge is 2.35. The number of rotatable bonds is 5.